The molecule has 1 aromatic carbocycles. The Bertz CT molecular complexity index is 546. The number of sulfone groups is 1. The average molecular weight is 403 g/mol. The van der Waals surface area contributed by atoms with Gasteiger partial charge in [0.2, 0.25) is 9.84 Å². The summed E-state index contributed by atoms with van der Waals surface area (Å²) in [6.07, 6.45) is 1.60. The first-order valence-corrected chi connectivity index (χ1v) is 7.41. The Morgan fingerprint density at radius 3 is 2.14 bits per heavy atom. The zero-order valence-corrected chi connectivity index (χ0v) is 12.2. The standard InChI is InChI=1S/C8H3Br3O2S/c9-5-1-2-6(10)8-4(5)3-7(11)14(8,12)13/h1-3H. The fourth-order valence-corrected chi connectivity index (χ4v) is 4.77. The fourth-order valence-electron chi connectivity index (χ4n) is 1.25. The molecule has 0 atom stereocenters. The summed E-state index contributed by atoms with van der Waals surface area (Å²) >= 11 is 9.58. The zero-order chi connectivity index (χ0) is 10.5. The average Bonchev–Trinajstić information content (AvgIpc) is 2.33. The molecule has 0 aliphatic carbocycles. The molecule has 0 radical (unpaired) electrons. The maximum Gasteiger partial charge on any atom is 0.214 e. The van der Waals surface area contributed by atoms with E-state index in [9.17, 15) is 8.42 Å². The second-order valence-electron chi connectivity index (χ2n) is 2.72. The van der Waals surface area contributed by atoms with Crippen LogP contribution in [0.2, 0.25) is 0 Å². The van der Waals surface area contributed by atoms with Gasteiger partial charge < -0.3 is 0 Å². The minimum absolute atomic E-state index is 0.201. The summed E-state index contributed by atoms with van der Waals surface area (Å²) in [4.78, 5) is 0.318. The molecule has 0 amide bonds. The molecule has 0 aromatic heterocycles. The normalized spacial score (nSPS) is 17.8. The highest BCUT2D eigenvalue weighted by Gasteiger charge is 2.31. The van der Waals surface area contributed by atoms with Crippen molar-refractivity contribution in [3.63, 3.8) is 0 Å². The smallest absolute Gasteiger partial charge is 0.214 e. The van der Waals surface area contributed by atoms with Gasteiger partial charge in [-0.25, -0.2) is 8.42 Å². The van der Waals surface area contributed by atoms with Crippen LogP contribution in [0.1, 0.15) is 5.56 Å². The highest BCUT2D eigenvalue weighted by Crippen LogP contribution is 2.43. The van der Waals surface area contributed by atoms with E-state index in [1.165, 1.54) is 0 Å². The van der Waals surface area contributed by atoms with Gasteiger partial charge in [-0.05, 0) is 50.1 Å². The monoisotopic (exact) mass is 400 g/mol. The first kappa shape index (κ1) is 10.9. The topological polar surface area (TPSA) is 34.1 Å². The molecule has 1 aromatic rings. The van der Waals surface area contributed by atoms with Gasteiger partial charge in [0.25, 0.3) is 0 Å². The van der Waals surface area contributed by atoms with Crippen molar-refractivity contribution in [3.05, 3.63) is 30.5 Å². The van der Waals surface area contributed by atoms with Crippen molar-refractivity contribution >= 4 is 63.7 Å². The maximum absolute atomic E-state index is 11.8. The van der Waals surface area contributed by atoms with Gasteiger partial charge in [-0.2, -0.15) is 0 Å². The molecule has 14 heavy (non-hydrogen) atoms. The van der Waals surface area contributed by atoms with E-state index in [1.54, 1.807) is 18.2 Å². The molecule has 0 unspecified atom stereocenters. The Morgan fingerprint density at radius 1 is 1.00 bits per heavy atom. The highest BCUT2D eigenvalue weighted by atomic mass is 79.9. The lowest BCUT2D eigenvalue weighted by molar-refractivity contribution is 0.604. The SMILES string of the molecule is O=S1(=O)C(Br)=Cc2c(Br)ccc(Br)c21. The van der Waals surface area contributed by atoms with Crippen molar-refractivity contribution in [1.29, 1.82) is 0 Å². The molecule has 2 rings (SSSR count). The van der Waals surface area contributed by atoms with Crippen LogP contribution in [0.25, 0.3) is 6.08 Å². The van der Waals surface area contributed by atoms with Crippen molar-refractivity contribution in [2.24, 2.45) is 0 Å². The number of fused-ring (bicyclic) bond motifs is 1. The number of rotatable bonds is 0. The molecule has 0 bridgehead atoms. The lowest BCUT2D eigenvalue weighted by atomic mass is 10.2. The van der Waals surface area contributed by atoms with Crippen molar-refractivity contribution in [2.45, 2.75) is 4.90 Å². The molecule has 0 fully saturated rings. The molecule has 74 valence electrons. The summed E-state index contributed by atoms with van der Waals surface area (Å²) in [5.74, 6) is 0. The quantitative estimate of drug-likeness (QED) is 0.663. The predicted molar refractivity (Wildman–Crippen MR) is 65.9 cm³/mol. The lowest BCUT2D eigenvalue weighted by Crippen LogP contribution is -1.97. The molecule has 0 spiro atoms. The Kier molecular flexibility index (Phi) is 2.66. The summed E-state index contributed by atoms with van der Waals surface area (Å²) in [5, 5.41) is 0. The Labute approximate surface area is 107 Å². The zero-order valence-electron chi connectivity index (χ0n) is 6.59. The lowest BCUT2D eigenvalue weighted by Gasteiger charge is -2.03. The van der Waals surface area contributed by atoms with Crippen LogP contribution < -0.4 is 0 Å². The summed E-state index contributed by atoms with van der Waals surface area (Å²) < 4.78 is 25.1. The van der Waals surface area contributed by atoms with E-state index in [1.807, 2.05) is 0 Å². The van der Waals surface area contributed by atoms with Gasteiger partial charge in [0.05, 0.1) is 4.90 Å². The molecular weight excluding hydrogens is 400 g/mol. The minimum Gasteiger partial charge on any atom is -0.218 e. The molecule has 1 aliphatic rings. The summed E-state index contributed by atoms with van der Waals surface area (Å²) in [6, 6.07) is 3.51. The van der Waals surface area contributed by atoms with Crippen LogP contribution >= 0.6 is 47.8 Å². The Morgan fingerprint density at radius 2 is 1.57 bits per heavy atom. The van der Waals surface area contributed by atoms with Crippen LogP contribution in [0, 0.1) is 0 Å². The van der Waals surface area contributed by atoms with Gasteiger partial charge in [0.1, 0.15) is 3.81 Å². The molecule has 1 aliphatic heterocycles. The van der Waals surface area contributed by atoms with Gasteiger partial charge in [0.15, 0.2) is 0 Å². The Hall–Kier alpha value is 0.350. The highest BCUT2D eigenvalue weighted by molar-refractivity contribution is 9.14. The summed E-state index contributed by atoms with van der Waals surface area (Å²) in [5.41, 5.74) is 0.686. The molecule has 0 saturated heterocycles. The number of benzene rings is 1. The first-order chi connectivity index (χ1) is 6.44. The maximum atomic E-state index is 11.8. The molecule has 2 nitrogen and oxygen atoms in total. The first-order valence-electron chi connectivity index (χ1n) is 3.55. The predicted octanol–water partition coefficient (Wildman–Crippen LogP) is 3.69. The van der Waals surface area contributed by atoms with E-state index in [4.69, 9.17) is 0 Å². The van der Waals surface area contributed by atoms with E-state index >= 15 is 0 Å². The number of halogens is 3. The minimum atomic E-state index is -3.34. The van der Waals surface area contributed by atoms with E-state index < -0.39 is 9.84 Å². The van der Waals surface area contributed by atoms with E-state index in [-0.39, 0.29) is 3.81 Å². The van der Waals surface area contributed by atoms with Crippen LogP contribution in [0.15, 0.2) is 29.8 Å². The van der Waals surface area contributed by atoms with Crippen LogP contribution in [0.4, 0.5) is 0 Å². The van der Waals surface area contributed by atoms with E-state index in [0.29, 0.717) is 14.9 Å². The Balaban J connectivity index is 2.93. The van der Waals surface area contributed by atoms with Gasteiger partial charge in [-0.3, -0.25) is 0 Å². The van der Waals surface area contributed by atoms with E-state index in [0.717, 1.165) is 4.47 Å². The van der Waals surface area contributed by atoms with E-state index in [2.05, 4.69) is 47.8 Å². The van der Waals surface area contributed by atoms with Crippen LogP contribution in [-0.4, -0.2) is 8.42 Å². The number of hydrogen-bond acceptors (Lipinski definition) is 2. The molecular formula is C8H3Br3O2S. The van der Waals surface area contributed by atoms with Crippen molar-refractivity contribution < 1.29 is 8.42 Å². The second-order valence-corrected chi connectivity index (χ2v) is 7.67. The largest absolute Gasteiger partial charge is 0.218 e. The van der Waals surface area contributed by atoms with Crippen LogP contribution in [0.5, 0.6) is 0 Å². The number of hydrogen-bond donors (Lipinski definition) is 0. The fraction of sp³-hybridized carbons (Fsp3) is 0. The summed E-state index contributed by atoms with van der Waals surface area (Å²) in [6.45, 7) is 0. The van der Waals surface area contributed by atoms with Gasteiger partial charge in [-0.1, -0.05) is 15.9 Å². The summed E-state index contributed by atoms with van der Waals surface area (Å²) in [7, 11) is -3.34. The van der Waals surface area contributed by atoms with Gasteiger partial charge >= 0.3 is 0 Å². The van der Waals surface area contributed by atoms with Gasteiger partial charge in [-0.15, -0.1) is 0 Å². The third kappa shape index (κ3) is 1.43. The molecule has 0 N–H and O–H groups in total. The van der Waals surface area contributed by atoms with Crippen LogP contribution in [0.3, 0.4) is 0 Å². The van der Waals surface area contributed by atoms with Crippen molar-refractivity contribution in [2.75, 3.05) is 0 Å². The second kappa shape index (κ2) is 3.43. The van der Waals surface area contributed by atoms with Crippen molar-refractivity contribution in [1.82, 2.24) is 0 Å². The van der Waals surface area contributed by atoms with Crippen molar-refractivity contribution in [3.8, 4) is 0 Å². The van der Waals surface area contributed by atoms with Gasteiger partial charge in [0, 0.05) is 14.5 Å². The molecule has 6 heteroatoms. The third-order valence-electron chi connectivity index (χ3n) is 1.88. The van der Waals surface area contributed by atoms with Crippen LogP contribution in [-0.2, 0) is 9.84 Å². The third-order valence-corrected chi connectivity index (χ3v) is 6.61. The molecule has 1 heterocycles. The molecule has 0 saturated carbocycles.